The van der Waals surface area contributed by atoms with E-state index >= 15 is 0 Å². The Morgan fingerprint density at radius 1 is 0.724 bits per heavy atom. The largest absolute Gasteiger partial charge is 0.536 e. The maximum atomic E-state index is 12.8. The number of nitrogens with zero attached hydrogens (tertiary/aromatic N) is 1. The van der Waals surface area contributed by atoms with E-state index < -0.39 is 15.6 Å². The lowest BCUT2D eigenvalue weighted by molar-refractivity contribution is -0.0546. The van der Waals surface area contributed by atoms with E-state index in [9.17, 15) is 21.6 Å². The molecule has 3 aromatic carbocycles. The topological polar surface area (TPSA) is 48.3 Å². The van der Waals surface area contributed by atoms with Crippen molar-refractivity contribution < 1.29 is 25.9 Å². The molecule has 1 heterocycles. The summed E-state index contributed by atoms with van der Waals surface area (Å²) in [5, 5.41) is 1.82. The van der Waals surface area contributed by atoms with Crippen molar-refractivity contribution in [3.05, 3.63) is 85.2 Å². The van der Waals surface area contributed by atoms with E-state index in [-0.39, 0.29) is 0 Å². The third-order valence-electron chi connectivity index (χ3n) is 4.44. The number of aromatic nitrogens is 1. The molecule has 0 amide bonds. The van der Waals surface area contributed by atoms with Gasteiger partial charge in [-0.05, 0) is 21.9 Å². The second-order valence-corrected chi connectivity index (χ2v) is 7.83. The standard InChI is InChI=1S/C21H14F3NO3S/c22-21(23,24)29(26,27)28-25-13-19(16-7-2-1-3-8-16)20(14-25)18-12-6-10-15-9-4-5-11-17(15)18/h1-14H. The van der Waals surface area contributed by atoms with Crippen LogP contribution in [0.1, 0.15) is 0 Å². The summed E-state index contributed by atoms with van der Waals surface area (Å²) in [5.74, 6) is 0. The molecule has 0 atom stereocenters. The molecule has 0 radical (unpaired) electrons. The maximum absolute atomic E-state index is 12.8. The zero-order valence-corrected chi connectivity index (χ0v) is 15.6. The molecule has 0 aliphatic heterocycles. The number of benzene rings is 3. The van der Waals surface area contributed by atoms with Crippen molar-refractivity contribution >= 4 is 20.9 Å². The third-order valence-corrected chi connectivity index (χ3v) is 5.37. The average Bonchev–Trinajstić information content (AvgIpc) is 3.10. The molecule has 0 saturated carbocycles. The summed E-state index contributed by atoms with van der Waals surface area (Å²) in [5.41, 5.74) is -2.98. The molecule has 4 nitrogen and oxygen atoms in total. The van der Waals surface area contributed by atoms with Crippen LogP contribution >= 0.6 is 0 Å². The minimum Gasteiger partial charge on any atom is -0.281 e. The van der Waals surface area contributed by atoms with Gasteiger partial charge in [0.2, 0.25) is 0 Å². The minimum absolute atomic E-state index is 0.541. The molecular formula is C21H14F3NO3S. The molecule has 0 aliphatic carbocycles. The SMILES string of the molecule is O=S(=O)(On1cc(-c2ccccc2)c(-c2cccc3ccccc23)c1)C(F)(F)F. The highest BCUT2D eigenvalue weighted by Gasteiger charge is 2.49. The van der Waals surface area contributed by atoms with Crippen LogP contribution in [0.15, 0.2) is 85.2 Å². The average molecular weight is 417 g/mol. The zero-order chi connectivity index (χ0) is 20.6. The molecule has 0 aliphatic rings. The quantitative estimate of drug-likeness (QED) is 0.426. The summed E-state index contributed by atoms with van der Waals surface area (Å²) in [6.07, 6.45) is 2.48. The van der Waals surface area contributed by atoms with Gasteiger partial charge in [-0.1, -0.05) is 72.8 Å². The Hall–Kier alpha value is -3.26. The molecule has 0 saturated heterocycles. The van der Waals surface area contributed by atoms with Crippen LogP contribution < -0.4 is 4.28 Å². The highest BCUT2D eigenvalue weighted by Crippen LogP contribution is 2.37. The maximum Gasteiger partial charge on any atom is 0.536 e. The van der Waals surface area contributed by atoms with E-state index in [1.54, 1.807) is 24.3 Å². The van der Waals surface area contributed by atoms with Crippen molar-refractivity contribution in [1.29, 1.82) is 0 Å². The van der Waals surface area contributed by atoms with Gasteiger partial charge in [-0.15, -0.1) is 0 Å². The normalized spacial score (nSPS) is 12.2. The summed E-state index contributed by atoms with van der Waals surface area (Å²) in [7, 11) is -5.80. The Labute approximate surface area is 164 Å². The van der Waals surface area contributed by atoms with Gasteiger partial charge in [-0.25, -0.2) is 0 Å². The minimum atomic E-state index is -5.80. The van der Waals surface area contributed by atoms with Crippen LogP contribution in [0.2, 0.25) is 0 Å². The first-order chi connectivity index (χ1) is 13.8. The van der Waals surface area contributed by atoms with Gasteiger partial charge in [-0.2, -0.15) is 26.3 Å². The molecule has 148 valence electrons. The van der Waals surface area contributed by atoms with E-state index in [1.807, 2.05) is 48.5 Å². The van der Waals surface area contributed by atoms with Crippen molar-refractivity contribution in [1.82, 2.24) is 4.73 Å². The fraction of sp³-hybridized carbons (Fsp3) is 0.0476. The predicted molar refractivity (Wildman–Crippen MR) is 104 cm³/mol. The van der Waals surface area contributed by atoms with Gasteiger partial charge in [0.1, 0.15) is 0 Å². The van der Waals surface area contributed by atoms with Crippen LogP contribution in [0.5, 0.6) is 0 Å². The van der Waals surface area contributed by atoms with Gasteiger partial charge in [0.05, 0.1) is 12.4 Å². The molecule has 1 aromatic heterocycles. The summed E-state index contributed by atoms with van der Waals surface area (Å²) in [6, 6.07) is 22.1. The molecule has 29 heavy (non-hydrogen) atoms. The number of rotatable bonds is 4. The number of hydrogen-bond acceptors (Lipinski definition) is 3. The summed E-state index contributed by atoms with van der Waals surface area (Å²) >= 11 is 0. The van der Waals surface area contributed by atoms with E-state index in [2.05, 4.69) is 4.28 Å². The fourth-order valence-corrected chi connectivity index (χ4v) is 3.55. The predicted octanol–water partition coefficient (Wildman–Crippen LogP) is 5.25. The van der Waals surface area contributed by atoms with Crippen molar-refractivity contribution in [2.75, 3.05) is 0 Å². The van der Waals surface area contributed by atoms with Crippen LogP contribution in [0.25, 0.3) is 33.0 Å². The van der Waals surface area contributed by atoms with Crippen molar-refractivity contribution in [2.45, 2.75) is 5.51 Å². The van der Waals surface area contributed by atoms with Crippen molar-refractivity contribution in [3.63, 3.8) is 0 Å². The van der Waals surface area contributed by atoms with E-state index in [1.165, 1.54) is 12.4 Å². The van der Waals surface area contributed by atoms with Gasteiger partial charge < -0.3 is 0 Å². The Kier molecular flexibility index (Phi) is 4.58. The van der Waals surface area contributed by atoms with E-state index in [0.717, 1.165) is 16.3 Å². The molecule has 4 aromatic rings. The van der Waals surface area contributed by atoms with E-state index in [4.69, 9.17) is 0 Å². The van der Waals surface area contributed by atoms with Crippen LogP contribution in [-0.4, -0.2) is 18.7 Å². The molecule has 0 bridgehead atoms. The van der Waals surface area contributed by atoms with Gasteiger partial charge in [0, 0.05) is 11.1 Å². The van der Waals surface area contributed by atoms with Crippen LogP contribution in [0.3, 0.4) is 0 Å². The lowest BCUT2D eigenvalue weighted by Crippen LogP contribution is -2.32. The Morgan fingerprint density at radius 2 is 1.34 bits per heavy atom. The highest BCUT2D eigenvalue weighted by molar-refractivity contribution is 7.87. The number of halogens is 3. The summed E-state index contributed by atoms with van der Waals surface area (Å²) in [4.78, 5) is 0. The first kappa shape index (κ1) is 19.1. The highest BCUT2D eigenvalue weighted by atomic mass is 32.2. The molecule has 4 rings (SSSR count). The second-order valence-electron chi connectivity index (χ2n) is 6.31. The first-order valence-corrected chi connectivity index (χ1v) is 9.94. The third kappa shape index (κ3) is 3.58. The van der Waals surface area contributed by atoms with Crippen LogP contribution in [0, 0.1) is 0 Å². The van der Waals surface area contributed by atoms with Gasteiger partial charge in [0.15, 0.2) is 0 Å². The van der Waals surface area contributed by atoms with Gasteiger partial charge in [-0.3, -0.25) is 4.28 Å². The smallest absolute Gasteiger partial charge is 0.281 e. The van der Waals surface area contributed by atoms with Gasteiger partial charge >= 0.3 is 15.6 Å². The van der Waals surface area contributed by atoms with Crippen LogP contribution in [-0.2, 0) is 10.1 Å². The number of hydrogen-bond donors (Lipinski definition) is 0. The summed E-state index contributed by atoms with van der Waals surface area (Å²) < 4.78 is 66.1. The number of fused-ring (bicyclic) bond motifs is 1. The molecule has 8 heteroatoms. The molecule has 0 fully saturated rings. The molecular weight excluding hydrogens is 403 g/mol. The molecule has 0 unspecified atom stereocenters. The second kappa shape index (κ2) is 6.97. The van der Waals surface area contributed by atoms with E-state index in [0.29, 0.717) is 21.4 Å². The number of alkyl halides is 3. The van der Waals surface area contributed by atoms with Gasteiger partial charge in [0.25, 0.3) is 0 Å². The first-order valence-electron chi connectivity index (χ1n) is 8.53. The van der Waals surface area contributed by atoms with Crippen molar-refractivity contribution in [2.24, 2.45) is 0 Å². The zero-order valence-electron chi connectivity index (χ0n) is 14.8. The molecule has 0 N–H and O–H groups in total. The van der Waals surface area contributed by atoms with Crippen LogP contribution in [0.4, 0.5) is 13.2 Å². The van der Waals surface area contributed by atoms with Crippen molar-refractivity contribution in [3.8, 4) is 22.3 Å². The molecule has 0 spiro atoms. The lowest BCUT2D eigenvalue weighted by Gasteiger charge is -2.09. The Bertz CT molecular complexity index is 1270. The summed E-state index contributed by atoms with van der Waals surface area (Å²) in [6.45, 7) is 0. The monoisotopic (exact) mass is 417 g/mol. The fourth-order valence-electron chi connectivity index (χ4n) is 3.15. The Morgan fingerprint density at radius 3 is 2.07 bits per heavy atom. The lowest BCUT2D eigenvalue weighted by atomic mass is 9.95. The Balaban J connectivity index is 1.92.